The predicted molar refractivity (Wildman–Crippen MR) is 88.9 cm³/mol. The highest BCUT2D eigenvalue weighted by Crippen LogP contribution is 2.34. The van der Waals surface area contributed by atoms with Crippen LogP contribution in [0.5, 0.6) is 0 Å². The summed E-state index contributed by atoms with van der Waals surface area (Å²) in [5.74, 6) is 0.332. The average molecular weight is 413 g/mol. The quantitative estimate of drug-likeness (QED) is 0.622. The minimum absolute atomic E-state index is 0.163. The van der Waals surface area contributed by atoms with E-state index in [0.29, 0.717) is 11.3 Å². The summed E-state index contributed by atoms with van der Waals surface area (Å²) in [5.41, 5.74) is 1.31. The van der Waals surface area contributed by atoms with Gasteiger partial charge in [-0.2, -0.15) is 0 Å². The molecular formula is C16H12Br2FNO. The SMILES string of the molecule is CNC(c1cc2cccc(F)c2o1)c1cc(Br)ccc1Br. The molecule has 0 saturated heterocycles. The Bertz CT molecular complexity index is 800. The third kappa shape index (κ3) is 2.78. The average Bonchev–Trinajstić information content (AvgIpc) is 2.89. The summed E-state index contributed by atoms with van der Waals surface area (Å²) >= 11 is 7.02. The maximum atomic E-state index is 13.8. The van der Waals surface area contributed by atoms with E-state index >= 15 is 0 Å². The fourth-order valence-corrected chi connectivity index (χ4v) is 3.23. The second-order valence-corrected chi connectivity index (χ2v) is 6.46. The van der Waals surface area contributed by atoms with Crippen molar-refractivity contribution >= 4 is 42.8 Å². The number of hydrogen-bond acceptors (Lipinski definition) is 2. The molecule has 0 saturated carbocycles. The zero-order valence-corrected chi connectivity index (χ0v) is 14.3. The van der Waals surface area contributed by atoms with Crippen LogP contribution in [-0.4, -0.2) is 7.05 Å². The van der Waals surface area contributed by atoms with Crippen LogP contribution in [-0.2, 0) is 0 Å². The summed E-state index contributed by atoms with van der Waals surface area (Å²) in [6.45, 7) is 0. The third-order valence-electron chi connectivity index (χ3n) is 3.36. The van der Waals surface area contributed by atoms with E-state index in [1.807, 2.05) is 37.4 Å². The number of para-hydroxylation sites is 1. The van der Waals surface area contributed by atoms with Crippen LogP contribution in [0.3, 0.4) is 0 Å². The van der Waals surface area contributed by atoms with E-state index in [4.69, 9.17) is 4.42 Å². The highest BCUT2D eigenvalue weighted by atomic mass is 79.9. The first-order chi connectivity index (χ1) is 10.1. The largest absolute Gasteiger partial charge is 0.456 e. The van der Waals surface area contributed by atoms with Crippen molar-refractivity contribution in [1.82, 2.24) is 5.32 Å². The normalized spacial score (nSPS) is 12.8. The molecule has 0 aliphatic heterocycles. The van der Waals surface area contributed by atoms with Gasteiger partial charge in [-0.1, -0.05) is 44.0 Å². The molecule has 5 heteroatoms. The van der Waals surface area contributed by atoms with Crippen molar-refractivity contribution in [2.45, 2.75) is 6.04 Å². The molecule has 3 rings (SSSR count). The minimum atomic E-state index is -0.345. The monoisotopic (exact) mass is 411 g/mol. The molecule has 0 aliphatic carbocycles. The zero-order chi connectivity index (χ0) is 15.0. The van der Waals surface area contributed by atoms with E-state index in [1.54, 1.807) is 6.07 Å². The second kappa shape index (κ2) is 5.91. The highest BCUT2D eigenvalue weighted by molar-refractivity contribution is 9.11. The molecule has 1 aromatic heterocycles. The van der Waals surface area contributed by atoms with Gasteiger partial charge in [0.15, 0.2) is 11.4 Å². The summed E-state index contributed by atoms with van der Waals surface area (Å²) in [6, 6.07) is 12.6. The molecule has 0 aliphatic rings. The molecule has 2 aromatic carbocycles. The molecule has 1 atom stereocenters. The van der Waals surface area contributed by atoms with Crippen molar-refractivity contribution in [3.8, 4) is 0 Å². The van der Waals surface area contributed by atoms with E-state index in [-0.39, 0.29) is 11.9 Å². The number of fused-ring (bicyclic) bond motifs is 1. The van der Waals surface area contributed by atoms with Crippen LogP contribution in [0.4, 0.5) is 4.39 Å². The van der Waals surface area contributed by atoms with Crippen LogP contribution in [0.15, 0.2) is 55.8 Å². The Morgan fingerprint density at radius 2 is 1.95 bits per heavy atom. The molecule has 1 heterocycles. The van der Waals surface area contributed by atoms with E-state index in [1.165, 1.54) is 6.07 Å². The van der Waals surface area contributed by atoms with Crippen molar-refractivity contribution in [2.24, 2.45) is 0 Å². The van der Waals surface area contributed by atoms with Crippen LogP contribution >= 0.6 is 31.9 Å². The lowest BCUT2D eigenvalue weighted by Gasteiger charge is -2.16. The Morgan fingerprint density at radius 3 is 2.67 bits per heavy atom. The predicted octanol–water partition coefficient (Wildman–Crippen LogP) is 5.41. The molecule has 2 nitrogen and oxygen atoms in total. The fraction of sp³-hybridized carbons (Fsp3) is 0.125. The van der Waals surface area contributed by atoms with E-state index in [9.17, 15) is 4.39 Å². The summed E-state index contributed by atoms with van der Waals surface area (Å²) in [6.07, 6.45) is 0. The van der Waals surface area contributed by atoms with E-state index in [2.05, 4.69) is 37.2 Å². The Labute approximate surface area is 138 Å². The van der Waals surface area contributed by atoms with Crippen LogP contribution < -0.4 is 5.32 Å². The van der Waals surface area contributed by atoms with E-state index < -0.39 is 0 Å². The number of furan rings is 1. The molecule has 21 heavy (non-hydrogen) atoms. The minimum Gasteiger partial charge on any atom is -0.456 e. The van der Waals surface area contributed by atoms with Gasteiger partial charge in [-0.3, -0.25) is 0 Å². The fourth-order valence-electron chi connectivity index (χ4n) is 2.38. The standard InChI is InChI=1S/C16H12Br2FNO/c1-20-15(11-8-10(17)5-6-12(11)18)14-7-9-3-2-4-13(19)16(9)21-14/h2-8,15,20H,1H3. The molecule has 0 radical (unpaired) electrons. The van der Waals surface area contributed by atoms with Gasteiger partial charge in [-0.15, -0.1) is 0 Å². The van der Waals surface area contributed by atoms with Crippen molar-refractivity contribution < 1.29 is 8.81 Å². The number of benzene rings is 2. The van der Waals surface area contributed by atoms with Gasteiger partial charge >= 0.3 is 0 Å². The zero-order valence-electron chi connectivity index (χ0n) is 11.2. The summed E-state index contributed by atoms with van der Waals surface area (Å²) in [7, 11) is 1.85. The molecule has 0 fully saturated rings. The molecular weight excluding hydrogens is 401 g/mol. The van der Waals surface area contributed by atoms with Gasteiger partial charge < -0.3 is 9.73 Å². The third-order valence-corrected chi connectivity index (χ3v) is 4.57. The smallest absolute Gasteiger partial charge is 0.169 e. The van der Waals surface area contributed by atoms with Crippen molar-refractivity contribution in [3.05, 3.63) is 68.6 Å². The first kappa shape index (κ1) is 14.8. The Hall–Kier alpha value is -1.17. The van der Waals surface area contributed by atoms with Crippen molar-refractivity contribution in [3.63, 3.8) is 0 Å². The molecule has 1 unspecified atom stereocenters. The topological polar surface area (TPSA) is 25.2 Å². The van der Waals surface area contributed by atoms with Crippen LogP contribution in [0, 0.1) is 5.82 Å². The van der Waals surface area contributed by atoms with Gasteiger partial charge in [0.25, 0.3) is 0 Å². The van der Waals surface area contributed by atoms with Gasteiger partial charge in [0.05, 0.1) is 6.04 Å². The Kier molecular flexibility index (Phi) is 4.15. The highest BCUT2D eigenvalue weighted by Gasteiger charge is 2.20. The summed E-state index contributed by atoms with van der Waals surface area (Å²) in [4.78, 5) is 0. The van der Waals surface area contributed by atoms with Crippen molar-refractivity contribution in [1.29, 1.82) is 0 Å². The lowest BCUT2D eigenvalue weighted by molar-refractivity contribution is 0.476. The molecule has 108 valence electrons. The molecule has 0 spiro atoms. The summed E-state index contributed by atoms with van der Waals surface area (Å²) in [5, 5.41) is 3.98. The van der Waals surface area contributed by atoms with Crippen LogP contribution in [0.2, 0.25) is 0 Å². The first-order valence-electron chi connectivity index (χ1n) is 6.40. The van der Waals surface area contributed by atoms with Crippen molar-refractivity contribution in [2.75, 3.05) is 7.05 Å². The lowest BCUT2D eigenvalue weighted by Crippen LogP contribution is -2.17. The Morgan fingerprint density at radius 1 is 1.14 bits per heavy atom. The molecule has 3 aromatic rings. The summed E-state index contributed by atoms with van der Waals surface area (Å²) < 4.78 is 21.4. The second-order valence-electron chi connectivity index (χ2n) is 4.69. The first-order valence-corrected chi connectivity index (χ1v) is 7.99. The maximum absolute atomic E-state index is 13.8. The van der Waals surface area contributed by atoms with Gasteiger partial charge in [-0.05, 0) is 42.9 Å². The van der Waals surface area contributed by atoms with Crippen LogP contribution in [0.25, 0.3) is 11.0 Å². The number of rotatable bonds is 3. The maximum Gasteiger partial charge on any atom is 0.169 e. The molecule has 0 bridgehead atoms. The van der Waals surface area contributed by atoms with Gasteiger partial charge in [0.1, 0.15) is 5.76 Å². The van der Waals surface area contributed by atoms with Gasteiger partial charge in [0.2, 0.25) is 0 Å². The molecule has 0 amide bonds. The van der Waals surface area contributed by atoms with E-state index in [0.717, 1.165) is 19.9 Å². The lowest BCUT2D eigenvalue weighted by atomic mass is 10.0. The number of halogens is 3. The molecule has 1 N–H and O–H groups in total. The Balaban J connectivity index is 2.13. The van der Waals surface area contributed by atoms with Gasteiger partial charge in [0, 0.05) is 14.3 Å². The van der Waals surface area contributed by atoms with Crippen LogP contribution in [0.1, 0.15) is 17.4 Å². The van der Waals surface area contributed by atoms with Gasteiger partial charge in [-0.25, -0.2) is 4.39 Å². The number of hydrogen-bond donors (Lipinski definition) is 1. The number of nitrogens with one attached hydrogen (secondary N) is 1.